The number of nitrogens with zero attached hydrogens (tertiary/aromatic N) is 2. The topological polar surface area (TPSA) is 26.7 Å². The summed E-state index contributed by atoms with van der Waals surface area (Å²) in [4.78, 5) is 2.59. The molecule has 1 N–H and O–H groups in total. The van der Waals surface area contributed by atoms with E-state index >= 15 is 0 Å². The first-order chi connectivity index (χ1) is 7.10. The van der Waals surface area contributed by atoms with Crippen molar-refractivity contribution < 1.29 is 5.11 Å². The molecule has 1 aliphatic heterocycles. The molecule has 1 unspecified atom stereocenters. The Labute approximate surface area is 106 Å². The van der Waals surface area contributed by atoms with Gasteiger partial charge in [0, 0.05) is 61.0 Å². The summed E-state index contributed by atoms with van der Waals surface area (Å²) >= 11 is 2.40. The van der Waals surface area contributed by atoms with Gasteiger partial charge in [0.05, 0.1) is 5.76 Å². The van der Waals surface area contributed by atoms with Crippen molar-refractivity contribution in [1.29, 1.82) is 0 Å². The molecule has 1 fully saturated rings. The van der Waals surface area contributed by atoms with Gasteiger partial charge in [-0.15, -0.1) is 0 Å². The van der Waals surface area contributed by atoms with Gasteiger partial charge in [-0.25, -0.2) is 3.11 Å². The molecule has 0 spiro atoms. The van der Waals surface area contributed by atoms with Crippen LogP contribution < -0.4 is 0 Å². The molecule has 1 atom stereocenters. The van der Waals surface area contributed by atoms with Crippen molar-refractivity contribution in [2.45, 2.75) is 31.7 Å². The average molecular weight is 322 g/mol. The maximum Gasteiger partial charge on any atom is 0.0884 e. The van der Waals surface area contributed by atoms with Crippen molar-refractivity contribution in [1.82, 2.24) is 8.01 Å². The molecule has 2 rings (SSSR count). The normalized spacial score (nSPS) is 35.2. The van der Waals surface area contributed by atoms with Gasteiger partial charge in [0.1, 0.15) is 0 Å². The van der Waals surface area contributed by atoms with Gasteiger partial charge in [0.25, 0.3) is 0 Å². The quantitative estimate of drug-likeness (QED) is 0.593. The Morgan fingerprint density at radius 3 is 2.53 bits per heavy atom. The van der Waals surface area contributed by atoms with Crippen molar-refractivity contribution >= 4 is 22.9 Å². The minimum Gasteiger partial charge on any atom is -0.513 e. The Bertz CT molecular complexity index is 261. The van der Waals surface area contributed by atoms with Crippen LogP contribution in [-0.2, 0) is 0 Å². The van der Waals surface area contributed by atoms with E-state index in [1.807, 2.05) is 6.08 Å². The summed E-state index contributed by atoms with van der Waals surface area (Å²) in [5.74, 6) is 0.583. The van der Waals surface area contributed by atoms with Crippen molar-refractivity contribution in [2.24, 2.45) is 0 Å². The van der Waals surface area contributed by atoms with E-state index in [1.54, 1.807) is 0 Å². The highest BCUT2D eigenvalue weighted by molar-refractivity contribution is 14.1. The zero-order valence-corrected chi connectivity index (χ0v) is 11.4. The zero-order valence-electron chi connectivity index (χ0n) is 9.25. The maximum atomic E-state index is 9.41. The van der Waals surface area contributed by atoms with Crippen LogP contribution in [0.25, 0.3) is 0 Å². The molecule has 1 aliphatic carbocycles. The molecule has 0 radical (unpaired) electrons. The van der Waals surface area contributed by atoms with E-state index in [-0.39, 0.29) is 5.54 Å². The predicted octanol–water partition coefficient (Wildman–Crippen LogP) is 2.34. The SMILES string of the molecule is CC1(N2CCN(I)CC2)CC=C(O)CC1. The number of hydrogen-bond acceptors (Lipinski definition) is 3. The third kappa shape index (κ3) is 2.65. The first-order valence-corrected chi connectivity index (χ1v) is 6.60. The van der Waals surface area contributed by atoms with Crippen molar-refractivity contribution in [3.63, 3.8) is 0 Å². The predicted molar refractivity (Wildman–Crippen MR) is 70.1 cm³/mol. The third-order valence-corrected chi connectivity index (χ3v) is 4.65. The lowest BCUT2D eigenvalue weighted by atomic mass is 9.84. The van der Waals surface area contributed by atoms with E-state index in [4.69, 9.17) is 0 Å². The fraction of sp³-hybridized carbons (Fsp3) is 0.818. The van der Waals surface area contributed by atoms with Gasteiger partial charge < -0.3 is 5.11 Å². The van der Waals surface area contributed by atoms with Crippen LogP contribution >= 0.6 is 22.9 Å². The van der Waals surface area contributed by atoms with Gasteiger partial charge >= 0.3 is 0 Å². The molecule has 15 heavy (non-hydrogen) atoms. The molecule has 0 aromatic heterocycles. The van der Waals surface area contributed by atoms with E-state index in [0.29, 0.717) is 5.76 Å². The summed E-state index contributed by atoms with van der Waals surface area (Å²) in [5, 5.41) is 9.41. The molecular weight excluding hydrogens is 303 g/mol. The lowest BCUT2D eigenvalue weighted by Crippen LogP contribution is -2.54. The van der Waals surface area contributed by atoms with Gasteiger partial charge in [-0.05, 0) is 25.8 Å². The molecule has 2 aliphatic rings. The van der Waals surface area contributed by atoms with Gasteiger partial charge in [0.15, 0.2) is 0 Å². The summed E-state index contributed by atoms with van der Waals surface area (Å²) in [6, 6.07) is 0. The lowest BCUT2D eigenvalue weighted by Gasteiger charge is -2.46. The highest BCUT2D eigenvalue weighted by Gasteiger charge is 2.34. The molecule has 0 bridgehead atoms. The van der Waals surface area contributed by atoms with Crippen molar-refractivity contribution in [2.75, 3.05) is 26.2 Å². The van der Waals surface area contributed by atoms with Crippen LogP contribution in [0.3, 0.4) is 0 Å². The number of piperazine rings is 1. The number of aliphatic hydroxyl groups excluding tert-OH is 1. The van der Waals surface area contributed by atoms with Crippen LogP contribution in [0.2, 0.25) is 0 Å². The van der Waals surface area contributed by atoms with Crippen LogP contribution in [-0.4, -0.2) is 44.8 Å². The van der Waals surface area contributed by atoms with Crippen LogP contribution in [0.4, 0.5) is 0 Å². The molecule has 0 amide bonds. The lowest BCUT2D eigenvalue weighted by molar-refractivity contribution is 0.0595. The Balaban J connectivity index is 1.98. The molecule has 4 heteroatoms. The van der Waals surface area contributed by atoms with E-state index in [0.717, 1.165) is 45.4 Å². The second kappa shape index (κ2) is 4.59. The largest absolute Gasteiger partial charge is 0.513 e. The van der Waals surface area contributed by atoms with Gasteiger partial charge in [-0.3, -0.25) is 4.90 Å². The second-order valence-electron chi connectivity index (χ2n) is 4.79. The minimum absolute atomic E-state index is 0.282. The number of halogens is 1. The summed E-state index contributed by atoms with van der Waals surface area (Å²) < 4.78 is 2.35. The zero-order chi connectivity index (χ0) is 10.9. The van der Waals surface area contributed by atoms with Gasteiger partial charge in [0.2, 0.25) is 0 Å². The molecular formula is C11H19IN2O. The highest BCUT2D eigenvalue weighted by atomic mass is 127. The molecule has 1 heterocycles. The van der Waals surface area contributed by atoms with E-state index in [9.17, 15) is 5.11 Å². The molecule has 0 aromatic carbocycles. The number of rotatable bonds is 1. The van der Waals surface area contributed by atoms with Crippen LogP contribution in [0, 0.1) is 0 Å². The Hall–Kier alpha value is 0.190. The van der Waals surface area contributed by atoms with Gasteiger partial charge in [-0.2, -0.15) is 0 Å². The van der Waals surface area contributed by atoms with Gasteiger partial charge in [-0.1, -0.05) is 0 Å². The third-order valence-electron chi connectivity index (χ3n) is 3.69. The second-order valence-corrected chi connectivity index (χ2v) is 6.16. The Kier molecular flexibility index (Phi) is 3.57. The molecule has 3 nitrogen and oxygen atoms in total. The van der Waals surface area contributed by atoms with Crippen LogP contribution in [0.5, 0.6) is 0 Å². The monoisotopic (exact) mass is 322 g/mol. The molecule has 0 aromatic rings. The summed E-state index contributed by atoms with van der Waals surface area (Å²) in [6.07, 6.45) is 4.94. The number of aliphatic hydroxyl groups is 1. The fourth-order valence-corrected chi connectivity index (χ4v) is 2.88. The average Bonchev–Trinajstić information content (AvgIpc) is 2.24. The van der Waals surface area contributed by atoms with E-state index in [2.05, 4.69) is 37.8 Å². The number of hydrogen-bond donors (Lipinski definition) is 1. The first-order valence-electron chi connectivity index (χ1n) is 5.64. The standard InChI is InChI=1S/C11H19IN2O/c1-11(4-2-10(15)3-5-11)13-6-8-14(12)9-7-13/h2,15H,3-9H2,1H3. The number of allylic oxidation sites excluding steroid dienone is 1. The first kappa shape index (κ1) is 11.7. The van der Waals surface area contributed by atoms with E-state index in [1.165, 1.54) is 0 Å². The van der Waals surface area contributed by atoms with E-state index < -0.39 is 0 Å². The summed E-state index contributed by atoms with van der Waals surface area (Å²) in [7, 11) is 0. The molecule has 0 saturated carbocycles. The molecule has 1 saturated heterocycles. The minimum atomic E-state index is 0.282. The van der Waals surface area contributed by atoms with Crippen LogP contribution in [0.1, 0.15) is 26.2 Å². The molecule has 86 valence electrons. The highest BCUT2D eigenvalue weighted by Crippen LogP contribution is 2.32. The smallest absolute Gasteiger partial charge is 0.0884 e. The summed E-state index contributed by atoms with van der Waals surface area (Å²) in [6.45, 7) is 6.97. The fourth-order valence-electron chi connectivity index (χ4n) is 2.45. The maximum absolute atomic E-state index is 9.41. The van der Waals surface area contributed by atoms with Crippen molar-refractivity contribution in [3.05, 3.63) is 11.8 Å². The van der Waals surface area contributed by atoms with Crippen LogP contribution in [0.15, 0.2) is 11.8 Å². The Morgan fingerprint density at radius 2 is 2.00 bits per heavy atom. The van der Waals surface area contributed by atoms with Crippen molar-refractivity contribution in [3.8, 4) is 0 Å². The Morgan fingerprint density at radius 1 is 1.33 bits per heavy atom. The summed E-state index contributed by atoms with van der Waals surface area (Å²) in [5.41, 5.74) is 0.282.